The van der Waals surface area contributed by atoms with Crippen molar-refractivity contribution >= 4 is 16.3 Å². The molecular weight excluding hydrogens is 306 g/mol. The van der Waals surface area contributed by atoms with Crippen LogP contribution in [0.25, 0.3) is 4.96 Å². The quantitative estimate of drug-likeness (QED) is 0.755. The Bertz CT molecular complexity index is 766. The summed E-state index contributed by atoms with van der Waals surface area (Å²) in [5, 5.41) is 11.3. The molecule has 5 heteroatoms. The minimum atomic E-state index is 0.239. The molecule has 0 fully saturated rings. The second-order valence-electron chi connectivity index (χ2n) is 6.13. The third kappa shape index (κ3) is 2.92. The van der Waals surface area contributed by atoms with Crippen molar-refractivity contribution in [2.45, 2.75) is 31.8 Å². The maximum Gasteiger partial charge on any atom is 0.193 e. The number of hydrogen-bond acceptors (Lipinski definition) is 4. The number of benzene rings is 1. The zero-order valence-corrected chi connectivity index (χ0v) is 13.9. The Morgan fingerprint density at radius 2 is 2.26 bits per heavy atom. The molecule has 1 N–H and O–H groups in total. The maximum atomic E-state index is 9.26. The van der Waals surface area contributed by atoms with Crippen LogP contribution in [-0.4, -0.2) is 32.5 Å². The van der Waals surface area contributed by atoms with Crippen LogP contribution in [-0.2, 0) is 13.0 Å². The van der Waals surface area contributed by atoms with Crippen molar-refractivity contribution in [3.8, 4) is 0 Å². The molecule has 0 spiro atoms. The number of aliphatic hydroxyl groups excluding tert-OH is 1. The van der Waals surface area contributed by atoms with Gasteiger partial charge >= 0.3 is 0 Å². The molecule has 1 atom stereocenters. The molecule has 0 saturated heterocycles. The van der Waals surface area contributed by atoms with Gasteiger partial charge in [-0.25, -0.2) is 4.98 Å². The van der Waals surface area contributed by atoms with Crippen molar-refractivity contribution in [1.29, 1.82) is 0 Å². The summed E-state index contributed by atoms with van der Waals surface area (Å²) in [4.78, 5) is 8.26. The molecule has 1 aliphatic carbocycles. The minimum Gasteiger partial charge on any atom is -0.396 e. The Hall–Kier alpha value is -1.69. The second kappa shape index (κ2) is 6.43. The van der Waals surface area contributed by atoms with Crippen LogP contribution < -0.4 is 0 Å². The van der Waals surface area contributed by atoms with E-state index >= 15 is 0 Å². The molecule has 0 amide bonds. The number of aromatic nitrogens is 2. The van der Waals surface area contributed by atoms with Gasteiger partial charge in [0.05, 0.1) is 5.69 Å². The summed E-state index contributed by atoms with van der Waals surface area (Å²) < 4.78 is 2.09. The summed E-state index contributed by atoms with van der Waals surface area (Å²) in [6.07, 6.45) is 7.29. The highest BCUT2D eigenvalue weighted by Crippen LogP contribution is 2.36. The lowest BCUT2D eigenvalue weighted by Gasteiger charge is -2.28. The number of aryl methyl sites for hydroxylation is 1. The van der Waals surface area contributed by atoms with Crippen molar-refractivity contribution in [3.05, 3.63) is 58.9 Å². The first-order chi connectivity index (χ1) is 11.3. The molecule has 4 nitrogen and oxygen atoms in total. The van der Waals surface area contributed by atoms with Crippen molar-refractivity contribution in [3.63, 3.8) is 0 Å². The van der Waals surface area contributed by atoms with E-state index in [1.54, 1.807) is 11.3 Å². The zero-order valence-electron chi connectivity index (χ0n) is 13.1. The largest absolute Gasteiger partial charge is 0.396 e. The molecule has 1 aliphatic rings. The van der Waals surface area contributed by atoms with Crippen LogP contribution in [0, 0.1) is 0 Å². The lowest BCUT2D eigenvalue weighted by atomic mass is 10.1. The summed E-state index contributed by atoms with van der Waals surface area (Å²) in [5.74, 6) is 0. The molecule has 0 aliphatic heterocycles. The van der Waals surface area contributed by atoms with E-state index in [0.717, 1.165) is 43.0 Å². The van der Waals surface area contributed by atoms with E-state index in [4.69, 9.17) is 4.98 Å². The average molecular weight is 327 g/mol. The second-order valence-corrected chi connectivity index (χ2v) is 7.00. The third-order valence-corrected chi connectivity index (χ3v) is 5.42. The van der Waals surface area contributed by atoms with E-state index < -0.39 is 0 Å². The van der Waals surface area contributed by atoms with Crippen molar-refractivity contribution in [2.75, 3.05) is 13.2 Å². The van der Waals surface area contributed by atoms with Gasteiger partial charge in [0.25, 0.3) is 0 Å². The summed E-state index contributed by atoms with van der Waals surface area (Å²) >= 11 is 1.67. The van der Waals surface area contributed by atoms with E-state index in [-0.39, 0.29) is 6.61 Å². The van der Waals surface area contributed by atoms with E-state index in [2.05, 4.69) is 51.3 Å². The Kier molecular flexibility index (Phi) is 4.16. The highest BCUT2D eigenvalue weighted by atomic mass is 32.1. The number of rotatable bonds is 6. The topological polar surface area (TPSA) is 40.8 Å². The SMILES string of the molecule is OCCCN(Cc1cn2ccsc2n1)[C@H]1CCc2ccccc21. The van der Waals surface area contributed by atoms with E-state index in [1.807, 2.05) is 0 Å². The molecule has 0 unspecified atom stereocenters. The summed E-state index contributed by atoms with van der Waals surface area (Å²) in [6, 6.07) is 9.20. The van der Waals surface area contributed by atoms with E-state index in [0.29, 0.717) is 6.04 Å². The van der Waals surface area contributed by atoms with Gasteiger partial charge in [-0.15, -0.1) is 11.3 Å². The fourth-order valence-corrected chi connectivity index (χ4v) is 4.31. The zero-order chi connectivity index (χ0) is 15.6. The van der Waals surface area contributed by atoms with Crippen LogP contribution in [0.15, 0.2) is 42.0 Å². The fourth-order valence-electron chi connectivity index (χ4n) is 3.59. The highest BCUT2D eigenvalue weighted by molar-refractivity contribution is 7.15. The van der Waals surface area contributed by atoms with Gasteiger partial charge in [-0.1, -0.05) is 24.3 Å². The van der Waals surface area contributed by atoms with Gasteiger partial charge in [-0.05, 0) is 30.4 Å². The molecule has 2 heterocycles. The van der Waals surface area contributed by atoms with Crippen LogP contribution in [0.4, 0.5) is 0 Å². The molecule has 23 heavy (non-hydrogen) atoms. The predicted octanol–water partition coefficient (Wildman–Crippen LogP) is 3.27. The van der Waals surface area contributed by atoms with Gasteiger partial charge in [0.2, 0.25) is 0 Å². The Labute approximate surface area is 140 Å². The molecular formula is C18H21N3OS. The monoisotopic (exact) mass is 327 g/mol. The average Bonchev–Trinajstić information content (AvgIpc) is 3.25. The first kappa shape index (κ1) is 14.9. The number of imidazole rings is 1. The number of aliphatic hydroxyl groups is 1. The number of fused-ring (bicyclic) bond motifs is 2. The Morgan fingerprint density at radius 3 is 3.13 bits per heavy atom. The van der Waals surface area contributed by atoms with E-state index in [1.165, 1.54) is 11.1 Å². The van der Waals surface area contributed by atoms with Crippen LogP contribution in [0.3, 0.4) is 0 Å². The molecule has 120 valence electrons. The Balaban J connectivity index is 1.58. The van der Waals surface area contributed by atoms with Crippen LogP contribution >= 0.6 is 11.3 Å². The van der Waals surface area contributed by atoms with Crippen LogP contribution in [0.1, 0.15) is 35.7 Å². The smallest absolute Gasteiger partial charge is 0.193 e. The molecule has 4 rings (SSSR count). The first-order valence-corrected chi connectivity index (χ1v) is 9.07. The van der Waals surface area contributed by atoms with Gasteiger partial charge in [0.1, 0.15) is 0 Å². The highest BCUT2D eigenvalue weighted by Gasteiger charge is 2.27. The van der Waals surface area contributed by atoms with Crippen molar-refractivity contribution in [2.24, 2.45) is 0 Å². The number of hydrogen-bond donors (Lipinski definition) is 1. The minimum absolute atomic E-state index is 0.239. The predicted molar refractivity (Wildman–Crippen MR) is 92.7 cm³/mol. The standard InChI is InChI=1S/C18H21N3OS/c22-10-3-8-20(12-15-13-21-9-11-23-18(21)19-15)17-7-6-14-4-1-2-5-16(14)17/h1-2,4-5,9,11,13,17,22H,3,6-8,10,12H2/t17-/m0/s1. The van der Waals surface area contributed by atoms with Crippen molar-refractivity contribution < 1.29 is 5.11 Å². The third-order valence-electron chi connectivity index (χ3n) is 4.65. The Morgan fingerprint density at radius 1 is 1.35 bits per heavy atom. The van der Waals surface area contributed by atoms with Crippen molar-refractivity contribution in [1.82, 2.24) is 14.3 Å². The van der Waals surface area contributed by atoms with Crippen LogP contribution in [0.2, 0.25) is 0 Å². The first-order valence-electron chi connectivity index (χ1n) is 8.19. The molecule has 3 aromatic rings. The van der Waals surface area contributed by atoms with Gasteiger partial charge in [-0.2, -0.15) is 0 Å². The molecule has 0 bridgehead atoms. The summed E-state index contributed by atoms with van der Waals surface area (Å²) in [6.45, 7) is 1.98. The van der Waals surface area contributed by atoms with Gasteiger partial charge < -0.3 is 5.11 Å². The van der Waals surface area contributed by atoms with Gasteiger partial charge in [0.15, 0.2) is 4.96 Å². The molecule has 2 aromatic heterocycles. The summed E-state index contributed by atoms with van der Waals surface area (Å²) in [7, 11) is 0. The van der Waals surface area contributed by atoms with E-state index in [9.17, 15) is 5.11 Å². The lowest BCUT2D eigenvalue weighted by molar-refractivity contribution is 0.164. The molecule has 0 radical (unpaired) electrons. The van der Waals surface area contributed by atoms with Gasteiger partial charge in [0, 0.05) is 43.5 Å². The lowest BCUT2D eigenvalue weighted by Crippen LogP contribution is -2.29. The summed E-state index contributed by atoms with van der Waals surface area (Å²) in [5.41, 5.74) is 4.03. The molecule has 1 aromatic carbocycles. The fraction of sp³-hybridized carbons (Fsp3) is 0.389. The molecule has 0 saturated carbocycles. The van der Waals surface area contributed by atoms with Gasteiger partial charge in [-0.3, -0.25) is 9.30 Å². The maximum absolute atomic E-state index is 9.26. The number of thiazole rings is 1. The normalized spacial score (nSPS) is 17.2. The van der Waals surface area contributed by atoms with Crippen LogP contribution in [0.5, 0.6) is 0 Å². The number of nitrogens with zero attached hydrogens (tertiary/aromatic N) is 3.